The summed E-state index contributed by atoms with van der Waals surface area (Å²) < 4.78 is 9.66. The Morgan fingerprint density at radius 2 is 2.00 bits per heavy atom. The molecule has 0 radical (unpaired) electrons. The predicted molar refractivity (Wildman–Crippen MR) is 59.0 cm³/mol. The average Bonchev–Trinajstić information content (AvgIpc) is 2.82. The monoisotopic (exact) mass is 250 g/mol. The number of rotatable bonds is 1. The third-order valence-corrected chi connectivity index (χ3v) is 4.13. The lowest BCUT2D eigenvalue weighted by Gasteiger charge is -2.28. The van der Waals surface area contributed by atoms with Gasteiger partial charge in [-0.2, -0.15) is 0 Å². The van der Waals surface area contributed by atoms with E-state index in [9.17, 15) is 14.4 Å². The summed E-state index contributed by atoms with van der Waals surface area (Å²) in [5, 5.41) is 0. The van der Waals surface area contributed by atoms with Gasteiger partial charge in [-0.05, 0) is 19.3 Å². The van der Waals surface area contributed by atoms with Crippen molar-refractivity contribution in [3.8, 4) is 0 Å². The van der Waals surface area contributed by atoms with Crippen molar-refractivity contribution in [1.82, 2.24) is 0 Å². The molecule has 4 unspecified atom stereocenters. The van der Waals surface area contributed by atoms with Gasteiger partial charge >= 0.3 is 17.9 Å². The van der Waals surface area contributed by atoms with E-state index < -0.39 is 11.9 Å². The summed E-state index contributed by atoms with van der Waals surface area (Å²) in [5.74, 6) is -1.47. The molecule has 0 amide bonds. The first-order valence-corrected chi connectivity index (χ1v) is 6.15. The third kappa shape index (κ3) is 1.65. The molecule has 1 aliphatic carbocycles. The molecular weight excluding hydrogens is 236 g/mol. The van der Waals surface area contributed by atoms with Crippen LogP contribution in [-0.4, -0.2) is 24.5 Å². The number of ether oxygens (including phenoxy) is 2. The first-order valence-electron chi connectivity index (χ1n) is 6.15. The second-order valence-electron chi connectivity index (χ2n) is 5.28. The molecular formula is C13H14O5. The molecule has 18 heavy (non-hydrogen) atoms. The van der Waals surface area contributed by atoms with E-state index in [0.29, 0.717) is 13.0 Å². The Hall–Kier alpha value is -1.65. The van der Waals surface area contributed by atoms with E-state index in [-0.39, 0.29) is 36.1 Å². The lowest BCUT2D eigenvalue weighted by molar-refractivity contribution is -0.153. The molecule has 0 spiro atoms. The lowest BCUT2D eigenvalue weighted by atomic mass is 9.72. The van der Waals surface area contributed by atoms with Crippen LogP contribution in [0.25, 0.3) is 0 Å². The molecule has 5 heteroatoms. The van der Waals surface area contributed by atoms with Crippen molar-refractivity contribution in [2.45, 2.75) is 19.8 Å². The van der Waals surface area contributed by atoms with Crippen molar-refractivity contribution in [3.05, 3.63) is 11.6 Å². The fourth-order valence-electron chi connectivity index (χ4n) is 3.29. The predicted octanol–water partition coefficient (Wildman–Crippen LogP) is 0.831. The summed E-state index contributed by atoms with van der Waals surface area (Å²) in [4.78, 5) is 34.3. The number of cyclic esters (lactones) is 3. The molecule has 2 heterocycles. The van der Waals surface area contributed by atoms with Gasteiger partial charge in [0.25, 0.3) is 0 Å². The Balaban J connectivity index is 1.84. The van der Waals surface area contributed by atoms with Gasteiger partial charge < -0.3 is 9.47 Å². The van der Waals surface area contributed by atoms with Crippen molar-refractivity contribution in [2.75, 3.05) is 6.61 Å². The smallest absolute Gasteiger partial charge is 0.317 e. The van der Waals surface area contributed by atoms with Crippen LogP contribution < -0.4 is 0 Å². The van der Waals surface area contributed by atoms with Gasteiger partial charge in [-0.15, -0.1) is 0 Å². The number of carbonyl (C=O) groups is 3. The Morgan fingerprint density at radius 1 is 1.22 bits per heavy atom. The summed E-state index contributed by atoms with van der Waals surface area (Å²) in [6.45, 7) is 2.30. The fourth-order valence-corrected chi connectivity index (χ4v) is 3.29. The highest BCUT2D eigenvalue weighted by Crippen LogP contribution is 2.42. The highest BCUT2D eigenvalue weighted by molar-refractivity contribution is 5.95. The van der Waals surface area contributed by atoms with Gasteiger partial charge in [0.2, 0.25) is 0 Å². The number of esters is 3. The van der Waals surface area contributed by atoms with Gasteiger partial charge in [0.1, 0.15) is 0 Å². The van der Waals surface area contributed by atoms with E-state index in [1.807, 2.05) is 13.0 Å². The van der Waals surface area contributed by atoms with Crippen LogP contribution in [0.3, 0.4) is 0 Å². The lowest BCUT2D eigenvalue weighted by Crippen LogP contribution is -2.29. The van der Waals surface area contributed by atoms with E-state index >= 15 is 0 Å². The van der Waals surface area contributed by atoms with Crippen LogP contribution in [-0.2, 0) is 23.9 Å². The summed E-state index contributed by atoms with van der Waals surface area (Å²) in [6.07, 6.45) is 2.80. The Kier molecular flexibility index (Phi) is 2.50. The molecule has 2 aliphatic heterocycles. The zero-order valence-corrected chi connectivity index (χ0v) is 10.0. The zero-order valence-electron chi connectivity index (χ0n) is 10.0. The average molecular weight is 250 g/mol. The van der Waals surface area contributed by atoms with Gasteiger partial charge in [0, 0.05) is 5.92 Å². The number of hydrogen-bond acceptors (Lipinski definition) is 5. The molecule has 5 nitrogen and oxygen atoms in total. The first kappa shape index (κ1) is 11.4. The van der Waals surface area contributed by atoms with Crippen LogP contribution in [0.5, 0.6) is 0 Å². The van der Waals surface area contributed by atoms with Crippen LogP contribution in [0.4, 0.5) is 0 Å². The van der Waals surface area contributed by atoms with Gasteiger partial charge in [-0.25, -0.2) is 0 Å². The largest absolute Gasteiger partial charge is 0.465 e. The van der Waals surface area contributed by atoms with Crippen LogP contribution in [0.2, 0.25) is 0 Å². The minimum atomic E-state index is -0.447. The van der Waals surface area contributed by atoms with Crippen molar-refractivity contribution in [1.29, 1.82) is 0 Å². The van der Waals surface area contributed by atoms with Crippen LogP contribution in [0, 0.1) is 23.7 Å². The molecule has 3 aliphatic rings. The van der Waals surface area contributed by atoms with Crippen LogP contribution in [0.15, 0.2) is 11.6 Å². The van der Waals surface area contributed by atoms with E-state index in [2.05, 4.69) is 4.74 Å². The van der Waals surface area contributed by atoms with Gasteiger partial charge in [0.05, 0.1) is 24.9 Å². The van der Waals surface area contributed by atoms with Crippen molar-refractivity contribution < 1.29 is 23.9 Å². The van der Waals surface area contributed by atoms with Crippen molar-refractivity contribution >= 4 is 17.9 Å². The Morgan fingerprint density at radius 3 is 2.67 bits per heavy atom. The van der Waals surface area contributed by atoms with Crippen molar-refractivity contribution in [2.24, 2.45) is 23.7 Å². The molecule has 0 saturated carbocycles. The first-order chi connectivity index (χ1) is 8.56. The molecule has 0 aromatic heterocycles. The second kappa shape index (κ2) is 3.93. The van der Waals surface area contributed by atoms with Crippen LogP contribution >= 0.6 is 0 Å². The molecule has 0 aromatic rings. The Labute approximate surface area is 104 Å². The molecule has 4 atom stereocenters. The van der Waals surface area contributed by atoms with E-state index in [1.54, 1.807) is 0 Å². The maximum Gasteiger partial charge on any atom is 0.317 e. The maximum atomic E-state index is 11.6. The summed E-state index contributed by atoms with van der Waals surface area (Å²) in [5.41, 5.74) is 0.950. The topological polar surface area (TPSA) is 69.7 Å². The van der Waals surface area contributed by atoms with Gasteiger partial charge in [0.15, 0.2) is 0 Å². The molecule has 2 saturated heterocycles. The number of allylic oxidation sites excluding steroid dienone is 1. The Bertz CT molecular complexity index is 464. The van der Waals surface area contributed by atoms with Gasteiger partial charge in [-0.3, -0.25) is 14.4 Å². The SMILES string of the molecule is CC1=CC(C2CC(=O)OC2=O)CC2COC(=O)C12. The van der Waals surface area contributed by atoms with Gasteiger partial charge in [-0.1, -0.05) is 11.6 Å². The van der Waals surface area contributed by atoms with E-state index in [1.165, 1.54) is 0 Å². The number of carbonyl (C=O) groups excluding carboxylic acids is 3. The summed E-state index contributed by atoms with van der Waals surface area (Å²) >= 11 is 0. The number of fused-ring (bicyclic) bond motifs is 1. The third-order valence-electron chi connectivity index (χ3n) is 4.13. The fraction of sp³-hybridized carbons (Fsp3) is 0.615. The standard InChI is InChI=1S/C13H14O5/c1-6-2-7(9-4-10(14)18-12(9)15)3-8-5-17-13(16)11(6)8/h2,7-9,11H,3-5H2,1H3. The molecule has 0 aromatic carbocycles. The highest BCUT2D eigenvalue weighted by atomic mass is 16.6. The molecule has 0 bridgehead atoms. The molecule has 3 rings (SSSR count). The molecule has 96 valence electrons. The second-order valence-corrected chi connectivity index (χ2v) is 5.28. The number of hydrogen-bond donors (Lipinski definition) is 0. The zero-order chi connectivity index (χ0) is 12.9. The summed E-state index contributed by atoms with van der Waals surface area (Å²) in [6, 6.07) is 0. The van der Waals surface area contributed by atoms with E-state index in [0.717, 1.165) is 5.57 Å². The van der Waals surface area contributed by atoms with Crippen LogP contribution in [0.1, 0.15) is 19.8 Å². The van der Waals surface area contributed by atoms with E-state index in [4.69, 9.17) is 4.74 Å². The van der Waals surface area contributed by atoms with Crippen molar-refractivity contribution in [3.63, 3.8) is 0 Å². The molecule has 0 N–H and O–H groups in total. The minimum Gasteiger partial charge on any atom is -0.465 e. The minimum absolute atomic E-state index is 0.0142. The normalized spacial score (nSPS) is 39.2. The molecule has 2 fully saturated rings. The summed E-state index contributed by atoms with van der Waals surface area (Å²) in [7, 11) is 0. The maximum absolute atomic E-state index is 11.6. The highest BCUT2D eigenvalue weighted by Gasteiger charge is 2.46. The quantitative estimate of drug-likeness (QED) is 0.391.